The summed E-state index contributed by atoms with van der Waals surface area (Å²) in [5.74, 6) is 0.386. The zero-order chi connectivity index (χ0) is 22.1. The number of hydrogen-bond donors (Lipinski definition) is 2. The van der Waals surface area contributed by atoms with Gasteiger partial charge >= 0.3 is 6.03 Å². The average Bonchev–Trinajstić information content (AvgIpc) is 2.74. The van der Waals surface area contributed by atoms with E-state index in [9.17, 15) is 9.59 Å². The fourth-order valence-corrected chi connectivity index (χ4v) is 3.25. The van der Waals surface area contributed by atoms with Crippen molar-refractivity contribution in [2.24, 2.45) is 0 Å². The molecule has 30 heavy (non-hydrogen) atoms. The number of carbonyl (C=O) groups is 2. The molecule has 2 unspecified atom stereocenters. The van der Waals surface area contributed by atoms with Crippen molar-refractivity contribution in [1.82, 2.24) is 10.2 Å². The van der Waals surface area contributed by atoms with Crippen molar-refractivity contribution in [3.8, 4) is 0 Å². The maximum atomic E-state index is 12.9. The molecule has 2 N–H and O–H groups in total. The van der Waals surface area contributed by atoms with E-state index in [2.05, 4.69) is 24.5 Å². The molecule has 0 aliphatic heterocycles. The van der Waals surface area contributed by atoms with Gasteiger partial charge in [0.2, 0.25) is 5.91 Å². The Hall–Kier alpha value is -2.82. The summed E-state index contributed by atoms with van der Waals surface area (Å²) in [6.07, 6.45) is 1.09. The van der Waals surface area contributed by atoms with Crippen LogP contribution in [-0.4, -0.2) is 29.4 Å². The summed E-state index contributed by atoms with van der Waals surface area (Å²) < 4.78 is 0. The van der Waals surface area contributed by atoms with E-state index < -0.39 is 0 Å². The molecule has 0 bridgehead atoms. The first-order valence-corrected chi connectivity index (χ1v) is 10.8. The summed E-state index contributed by atoms with van der Waals surface area (Å²) in [5, 5.41) is 5.99. The van der Waals surface area contributed by atoms with Gasteiger partial charge < -0.3 is 15.5 Å². The van der Waals surface area contributed by atoms with Crippen molar-refractivity contribution < 1.29 is 9.59 Å². The molecule has 5 nitrogen and oxygen atoms in total. The molecule has 0 aliphatic rings. The Bertz CT molecular complexity index is 803. The molecular formula is C25H35N3O2. The van der Waals surface area contributed by atoms with E-state index in [0.29, 0.717) is 12.5 Å². The van der Waals surface area contributed by atoms with E-state index in [1.165, 1.54) is 5.56 Å². The first-order chi connectivity index (χ1) is 14.3. The van der Waals surface area contributed by atoms with Crippen molar-refractivity contribution >= 4 is 17.6 Å². The Labute approximate surface area is 180 Å². The van der Waals surface area contributed by atoms with E-state index in [-0.39, 0.29) is 30.4 Å². The summed E-state index contributed by atoms with van der Waals surface area (Å²) in [6, 6.07) is 17.6. The smallest absolute Gasteiger partial charge is 0.322 e. The zero-order valence-electron chi connectivity index (χ0n) is 18.8. The molecule has 0 spiro atoms. The number of nitrogens with zero attached hydrogens (tertiary/aromatic N) is 1. The number of nitrogens with one attached hydrogen (secondary N) is 2. The minimum absolute atomic E-state index is 0.0410. The van der Waals surface area contributed by atoms with Gasteiger partial charge in [0.1, 0.15) is 0 Å². The van der Waals surface area contributed by atoms with Crippen molar-refractivity contribution in [3.63, 3.8) is 0 Å². The van der Waals surface area contributed by atoms with E-state index in [0.717, 1.165) is 17.7 Å². The lowest BCUT2D eigenvalue weighted by molar-refractivity contribution is -0.122. The van der Waals surface area contributed by atoms with Crippen molar-refractivity contribution in [1.29, 1.82) is 0 Å². The SMILES string of the molecule is CCC(C)N(CCC(=O)NC(C)c1ccccc1)C(=O)Nc1ccc(C(C)C)cc1. The molecule has 2 atom stereocenters. The molecule has 2 aromatic carbocycles. The van der Waals surface area contributed by atoms with Gasteiger partial charge in [0.15, 0.2) is 0 Å². The summed E-state index contributed by atoms with van der Waals surface area (Å²) >= 11 is 0. The molecule has 0 heterocycles. The first kappa shape index (κ1) is 23.5. The van der Waals surface area contributed by atoms with E-state index >= 15 is 0 Å². The topological polar surface area (TPSA) is 61.4 Å². The van der Waals surface area contributed by atoms with Gasteiger partial charge in [-0.3, -0.25) is 4.79 Å². The van der Waals surface area contributed by atoms with Gasteiger partial charge in [-0.1, -0.05) is 63.2 Å². The van der Waals surface area contributed by atoms with Crippen LogP contribution in [-0.2, 0) is 4.79 Å². The summed E-state index contributed by atoms with van der Waals surface area (Å²) in [5.41, 5.74) is 3.06. The maximum absolute atomic E-state index is 12.9. The molecule has 0 saturated carbocycles. The van der Waals surface area contributed by atoms with E-state index in [4.69, 9.17) is 0 Å². The third kappa shape index (κ3) is 6.90. The predicted octanol–water partition coefficient (Wildman–Crippen LogP) is 5.71. The van der Waals surface area contributed by atoms with Crippen LogP contribution >= 0.6 is 0 Å². The second-order valence-electron chi connectivity index (χ2n) is 8.11. The van der Waals surface area contributed by atoms with E-state index in [1.54, 1.807) is 4.90 Å². The third-order valence-corrected chi connectivity index (χ3v) is 5.47. The number of urea groups is 1. The lowest BCUT2D eigenvalue weighted by atomic mass is 10.0. The van der Waals surface area contributed by atoms with Crippen LogP contribution < -0.4 is 10.6 Å². The zero-order valence-corrected chi connectivity index (χ0v) is 18.8. The molecule has 0 saturated heterocycles. The molecule has 0 radical (unpaired) electrons. The first-order valence-electron chi connectivity index (χ1n) is 10.8. The summed E-state index contributed by atoms with van der Waals surface area (Å²) in [6.45, 7) is 10.7. The Morgan fingerprint density at radius 2 is 1.53 bits per heavy atom. The normalized spacial score (nSPS) is 12.9. The molecule has 0 aliphatic carbocycles. The summed E-state index contributed by atoms with van der Waals surface area (Å²) in [4.78, 5) is 27.1. The van der Waals surface area contributed by atoms with Gasteiger partial charge in [0.25, 0.3) is 0 Å². The van der Waals surface area contributed by atoms with Gasteiger partial charge in [-0.15, -0.1) is 0 Å². The maximum Gasteiger partial charge on any atom is 0.322 e. The second-order valence-corrected chi connectivity index (χ2v) is 8.11. The molecule has 3 amide bonds. The highest BCUT2D eigenvalue weighted by Crippen LogP contribution is 2.18. The molecule has 5 heteroatoms. The minimum atomic E-state index is -0.175. The molecular weight excluding hydrogens is 374 g/mol. The van der Waals surface area contributed by atoms with Crippen LogP contribution in [0.1, 0.15) is 70.5 Å². The Balaban J connectivity index is 1.94. The molecule has 162 valence electrons. The van der Waals surface area contributed by atoms with Gasteiger partial charge in [0.05, 0.1) is 6.04 Å². The second kappa shape index (κ2) is 11.4. The number of benzene rings is 2. The largest absolute Gasteiger partial charge is 0.350 e. The number of anilines is 1. The summed E-state index contributed by atoms with van der Waals surface area (Å²) in [7, 11) is 0. The van der Waals surface area contributed by atoms with Gasteiger partial charge in [-0.2, -0.15) is 0 Å². The quantitative estimate of drug-likeness (QED) is 0.557. The van der Waals surface area contributed by atoms with Crippen molar-refractivity contribution in [2.75, 3.05) is 11.9 Å². The monoisotopic (exact) mass is 409 g/mol. The van der Waals surface area contributed by atoms with Crippen LogP contribution in [0.25, 0.3) is 0 Å². The molecule has 0 fully saturated rings. The highest BCUT2D eigenvalue weighted by atomic mass is 16.2. The fourth-order valence-electron chi connectivity index (χ4n) is 3.25. The van der Waals surface area contributed by atoms with Gasteiger partial charge in [-0.05, 0) is 49.4 Å². The van der Waals surface area contributed by atoms with Crippen LogP contribution in [0.2, 0.25) is 0 Å². The van der Waals surface area contributed by atoms with Crippen LogP contribution in [0.4, 0.5) is 10.5 Å². The minimum Gasteiger partial charge on any atom is -0.350 e. The number of hydrogen-bond acceptors (Lipinski definition) is 2. The van der Waals surface area contributed by atoms with Crippen LogP contribution in [0, 0.1) is 0 Å². The number of amides is 3. The van der Waals surface area contributed by atoms with Crippen LogP contribution in [0.5, 0.6) is 0 Å². The molecule has 0 aromatic heterocycles. The third-order valence-electron chi connectivity index (χ3n) is 5.47. The van der Waals surface area contributed by atoms with E-state index in [1.807, 2.05) is 75.4 Å². The predicted molar refractivity (Wildman–Crippen MR) is 124 cm³/mol. The highest BCUT2D eigenvalue weighted by molar-refractivity contribution is 5.90. The highest BCUT2D eigenvalue weighted by Gasteiger charge is 2.20. The van der Waals surface area contributed by atoms with Gasteiger partial charge in [-0.25, -0.2) is 4.79 Å². The number of carbonyl (C=O) groups excluding carboxylic acids is 2. The number of rotatable bonds is 9. The molecule has 2 aromatic rings. The standard InChI is InChI=1S/C25H35N3O2/c1-6-19(4)28(25(30)27-23-14-12-21(13-15-23)18(2)3)17-16-24(29)26-20(5)22-10-8-7-9-11-22/h7-15,18-20H,6,16-17H2,1-5H3,(H,26,29)(H,27,30). The van der Waals surface area contributed by atoms with Gasteiger partial charge in [0, 0.05) is 24.7 Å². The Morgan fingerprint density at radius 1 is 0.900 bits per heavy atom. The average molecular weight is 410 g/mol. The van der Waals surface area contributed by atoms with Crippen molar-refractivity contribution in [3.05, 3.63) is 65.7 Å². The lowest BCUT2D eigenvalue weighted by Crippen LogP contribution is -2.43. The lowest BCUT2D eigenvalue weighted by Gasteiger charge is -2.29. The fraction of sp³-hybridized carbons (Fsp3) is 0.440. The van der Waals surface area contributed by atoms with Crippen molar-refractivity contribution in [2.45, 2.75) is 65.5 Å². The Morgan fingerprint density at radius 3 is 2.10 bits per heavy atom. The molecule has 2 rings (SSSR count). The van der Waals surface area contributed by atoms with Crippen LogP contribution in [0.15, 0.2) is 54.6 Å². The van der Waals surface area contributed by atoms with Crippen LogP contribution in [0.3, 0.4) is 0 Å². The Kier molecular flexibility index (Phi) is 8.90.